The molecule has 3 aromatic carbocycles. The minimum absolute atomic E-state index is 0.114. The van der Waals surface area contributed by atoms with Gasteiger partial charge in [0.15, 0.2) is 0 Å². The van der Waals surface area contributed by atoms with E-state index in [1.165, 1.54) is 17.0 Å². The van der Waals surface area contributed by atoms with Crippen molar-refractivity contribution in [2.24, 2.45) is 5.92 Å². The molecule has 0 radical (unpaired) electrons. The first-order chi connectivity index (χ1) is 20.2. The maximum Gasteiger partial charge on any atom is 0.331 e. The van der Waals surface area contributed by atoms with E-state index in [9.17, 15) is 14.9 Å². The average Bonchev–Trinajstić information content (AvgIpc) is 2.99. The second-order valence-electron chi connectivity index (χ2n) is 11.2. The van der Waals surface area contributed by atoms with Gasteiger partial charge in [-0.25, -0.2) is 9.18 Å². The molecular weight excluding hydrogens is 529 g/mol. The molecular formula is C35H38FN3O3. The summed E-state index contributed by atoms with van der Waals surface area (Å²) in [6.07, 6.45) is 7.16. The van der Waals surface area contributed by atoms with Gasteiger partial charge in [-0.2, -0.15) is 5.26 Å². The van der Waals surface area contributed by atoms with Crippen molar-refractivity contribution in [3.8, 4) is 17.2 Å². The fraction of sp³-hybridized carbons (Fsp3) is 0.343. The van der Waals surface area contributed by atoms with E-state index in [-0.39, 0.29) is 30.2 Å². The SMILES string of the molecule is CC(C)OC(=O)/C=C/c1ccc(F)c(N(Cc2ccc(-c3ccc(N(C)C)cc3)c(C#N)c2)C(=O)C2CCCCC2)c1. The van der Waals surface area contributed by atoms with E-state index in [0.29, 0.717) is 11.1 Å². The molecule has 6 nitrogen and oxygen atoms in total. The smallest absolute Gasteiger partial charge is 0.331 e. The van der Waals surface area contributed by atoms with Gasteiger partial charge in [0.1, 0.15) is 5.82 Å². The van der Waals surface area contributed by atoms with Crippen LogP contribution in [0.2, 0.25) is 0 Å². The van der Waals surface area contributed by atoms with Crippen LogP contribution in [0, 0.1) is 23.1 Å². The van der Waals surface area contributed by atoms with E-state index in [0.717, 1.165) is 54.5 Å². The Morgan fingerprint density at radius 1 is 1.02 bits per heavy atom. The third kappa shape index (κ3) is 7.64. The number of ether oxygens (including phenoxy) is 1. The Morgan fingerprint density at radius 3 is 2.38 bits per heavy atom. The van der Waals surface area contributed by atoms with Crippen molar-refractivity contribution >= 4 is 29.3 Å². The number of esters is 1. The number of nitrogens with zero attached hydrogens (tertiary/aromatic N) is 3. The standard InChI is InChI=1S/C35H38FN3O3/c1-24(2)42-34(40)19-12-25-11-18-32(36)33(21-25)39(35(41)28-8-6-5-7-9-28)23-26-10-17-31(29(20-26)22-37)27-13-15-30(16-14-27)38(3)4/h10-21,24,28H,5-9,23H2,1-4H3/b19-12+. The highest BCUT2D eigenvalue weighted by atomic mass is 19.1. The summed E-state index contributed by atoms with van der Waals surface area (Å²) in [5, 5.41) is 10.0. The summed E-state index contributed by atoms with van der Waals surface area (Å²) in [7, 11) is 3.95. The van der Waals surface area contributed by atoms with E-state index in [1.807, 2.05) is 55.4 Å². The summed E-state index contributed by atoms with van der Waals surface area (Å²) in [5.41, 5.74) is 4.70. The quantitative estimate of drug-likeness (QED) is 0.198. The van der Waals surface area contributed by atoms with Crippen LogP contribution in [-0.2, 0) is 20.9 Å². The van der Waals surface area contributed by atoms with Crippen LogP contribution in [0.3, 0.4) is 0 Å². The minimum Gasteiger partial charge on any atom is -0.460 e. The molecule has 3 aromatic rings. The second kappa shape index (κ2) is 14.0. The Hall–Kier alpha value is -4.44. The van der Waals surface area contributed by atoms with Crippen molar-refractivity contribution in [3.05, 3.63) is 89.2 Å². The predicted octanol–water partition coefficient (Wildman–Crippen LogP) is 7.51. The monoisotopic (exact) mass is 567 g/mol. The molecule has 1 amide bonds. The fourth-order valence-corrected chi connectivity index (χ4v) is 5.28. The number of halogens is 1. The van der Waals surface area contributed by atoms with Crippen molar-refractivity contribution < 1.29 is 18.7 Å². The zero-order valence-electron chi connectivity index (χ0n) is 24.8. The molecule has 0 aromatic heterocycles. The molecule has 0 aliphatic heterocycles. The number of anilines is 2. The van der Waals surface area contributed by atoms with Crippen molar-refractivity contribution in [3.63, 3.8) is 0 Å². The zero-order chi connectivity index (χ0) is 30.2. The Kier molecular flexibility index (Phi) is 10.1. The molecule has 0 spiro atoms. The summed E-state index contributed by atoms with van der Waals surface area (Å²) >= 11 is 0. The van der Waals surface area contributed by atoms with Gasteiger partial charge in [0.05, 0.1) is 30.0 Å². The minimum atomic E-state index is -0.529. The number of amides is 1. The van der Waals surface area contributed by atoms with Gasteiger partial charge in [0, 0.05) is 31.8 Å². The Labute approximate surface area is 248 Å². The van der Waals surface area contributed by atoms with Crippen LogP contribution in [0.1, 0.15) is 62.6 Å². The summed E-state index contributed by atoms with van der Waals surface area (Å²) in [6, 6.07) is 20.3. The lowest BCUT2D eigenvalue weighted by atomic mass is 9.88. The van der Waals surface area contributed by atoms with E-state index in [4.69, 9.17) is 4.74 Å². The van der Waals surface area contributed by atoms with Crippen LogP contribution < -0.4 is 9.80 Å². The van der Waals surface area contributed by atoms with Gasteiger partial charge in [-0.3, -0.25) is 4.79 Å². The van der Waals surface area contributed by atoms with Crippen LogP contribution in [0.15, 0.2) is 66.7 Å². The summed E-state index contributed by atoms with van der Waals surface area (Å²) in [6.45, 7) is 3.65. The fourth-order valence-electron chi connectivity index (χ4n) is 5.28. The molecule has 7 heteroatoms. The number of rotatable bonds is 9. The lowest BCUT2D eigenvalue weighted by Crippen LogP contribution is -2.37. The van der Waals surface area contributed by atoms with E-state index in [1.54, 1.807) is 38.1 Å². The van der Waals surface area contributed by atoms with Gasteiger partial charge >= 0.3 is 5.97 Å². The van der Waals surface area contributed by atoms with Crippen molar-refractivity contribution in [2.75, 3.05) is 23.9 Å². The topological polar surface area (TPSA) is 73.6 Å². The van der Waals surface area contributed by atoms with Crippen LogP contribution in [0.25, 0.3) is 17.2 Å². The van der Waals surface area contributed by atoms with E-state index < -0.39 is 11.8 Å². The highest BCUT2D eigenvalue weighted by Crippen LogP contribution is 2.32. The molecule has 42 heavy (non-hydrogen) atoms. The first-order valence-electron chi connectivity index (χ1n) is 14.5. The van der Waals surface area contributed by atoms with Gasteiger partial charge in [-0.15, -0.1) is 0 Å². The predicted molar refractivity (Wildman–Crippen MR) is 165 cm³/mol. The van der Waals surface area contributed by atoms with Crippen molar-refractivity contribution in [1.29, 1.82) is 5.26 Å². The molecule has 4 rings (SSSR count). The first-order valence-corrected chi connectivity index (χ1v) is 14.5. The molecule has 0 atom stereocenters. The Balaban J connectivity index is 1.68. The number of carbonyl (C=O) groups is 2. The third-order valence-electron chi connectivity index (χ3n) is 7.48. The van der Waals surface area contributed by atoms with Crippen LogP contribution in [0.4, 0.5) is 15.8 Å². The highest BCUT2D eigenvalue weighted by Gasteiger charge is 2.29. The van der Waals surface area contributed by atoms with E-state index >= 15 is 4.39 Å². The molecule has 218 valence electrons. The first kappa shape index (κ1) is 30.5. The maximum absolute atomic E-state index is 15.4. The normalized spacial score (nSPS) is 13.6. The highest BCUT2D eigenvalue weighted by molar-refractivity contribution is 5.96. The van der Waals surface area contributed by atoms with Gasteiger partial charge in [-0.1, -0.05) is 49.6 Å². The number of hydrogen-bond donors (Lipinski definition) is 0. The van der Waals surface area contributed by atoms with Crippen molar-refractivity contribution in [2.45, 2.75) is 58.6 Å². The lowest BCUT2D eigenvalue weighted by molar-refractivity contribution is -0.141. The lowest BCUT2D eigenvalue weighted by Gasteiger charge is -2.30. The third-order valence-corrected chi connectivity index (χ3v) is 7.48. The molecule has 0 saturated heterocycles. The number of hydrogen-bond acceptors (Lipinski definition) is 5. The number of nitriles is 1. The molecule has 0 bridgehead atoms. The van der Waals surface area contributed by atoms with Crippen LogP contribution in [0.5, 0.6) is 0 Å². The van der Waals surface area contributed by atoms with Gasteiger partial charge in [-0.05, 0) is 85.4 Å². The van der Waals surface area contributed by atoms with Gasteiger partial charge < -0.3 is 14.5 Å². The molecule has 1 fully saturated rings. The average molecular weight is 568 g/mol. The molecule has 0 heterocycles. The number of carbonyl (C=O) groups excluding carboxylic acids is 2. The molecule has 0 unspecified atom stereocenters. The van der Waals surface area contributed by atoms with Crippen molar-refractivity contribution in [1.82, 2.24) is 0 Å². The zero-order valence-corrected chi connectivity index (χ0v) is 24.8. The maximum atomic E-state index is 15.4. The molecule has 1 aliphatic carbocycles. The number of benzene rings is 3. The van der Waals surface area contributed by atoms with Gasteiger partial charge in [0.2, 0.25) is 5.91 Å². The van der Waals surface area contributed by atoms with Crippen LogP contribution >= 0.6 is 0 Å². The van der Waals surface area contributed by atoms with Gasteiger partial charge in [0.25, 0.3) is 0 Å². The molecule has 1 saturated carbocycles. The van der Waals surface area contributed by atoms with E-state index in [2.05, 4.69) is 6.07 Å². The van der Waals surface area contributed by atoms with Crippen LogP contribution in [-0.4, -0.2) is 32.1 Å². The molecule has 0 N–H and O–H groups in total. The Bertz CT molecular complexity index is 1480. The molecule has 1 aliphatic rings. The second-order valence-corrected chi connectivity index (χ2v) is 11.2. The summed E-state index contributed by atoms with van der Waals surface area (Å²) in [5.74, 6) is -1.34. The summed E-state index contributed by atoms with van der Waals surface area (Å²) < 4.78 is 20.5. The summed E-state index contributed by atoms with van der Waals surface area (Å²) in [4.78, 5) is 29.4. The largest absolute Gasteiger partial charge is 0.460 e. The Morgan fingerprint density at radius 2 is 1.74 bits per heavy atom.